The van der Waals surface area contributed by atoms with Crippen LogP contribution in [0.15, 0.2) is 36.7 Å². The van der Waals surface area contributed by atoms with Gasteiger partial charge in [0, 0.05) is 12.4 Å². The van der Waals surface area contributed by atoms with E-state index < -0.39 is 5.82 Å². The van der Waals surface area contributed by atoms with Gasteiger partial charge in [-0.2, -0.15) is 5.10 Å². The molecule has 2 aromatic rings. The summed E-state index contributed by atoms with van der Waals surface area (Å²) in [5.74, 6) is -0.272. The van der Waals surface area contributed by atoms with Crippen LogP contribution in [0, 0.1) is 5.82 Å². The van der Waals surface area contributed by atoms with E-state index in [-0.39, 0.29) is 12.4 Å². The van der Waals surface area contributed by atoms with E-state index in [9.17, 15) is 4.39 Å². The number of nitrogens with zero attached hydrogens (tertiary/aromatic N) is 2. The van der Waals surface area contributed by atoms with Crippen LogP contribution in [0.2, 0.25) is 0 Å². The highest BCUT2D eigenvalue weighted by Gasteiger charge is 2.04. The van der Waals surface area contributed by atoms with Crippen LogP contribution in [-0.2, 0) is 13.2 Å². The first-order valence-electron chi connectivity index (χ1n) is 5.29. The predicted molar refractivity (Wildman–Crippen MR) is 60.0 cm³/mol. The Balaban J connectivity index is 1.90. The lowest BCUT2D eigenvalue weighted by Gasteiger charge is -2.08. The van der Waals surface area contributed by atoms with Gasteiger partial charge in [-0.25, -0.2) is 4.39 Å². The SMILES string of the molecule is OCc1ccc(OCCn2cccn2)c(F)c1. The second kappa shape index (κ2) is 5.45. The molecular weight excluding hydrogens is 223 g/mol. The van der Waals surface area contributed by atoms with Crippen LogP contribution >= 0.6 is 0 Å². The Labute approximate surface area is 98.3 Å². The van der Waals surface area contributed by atoms with Crippen LogP contribution in [-0.4, -0.2) is 21.5 Å². The van der Waals surface area contributed by atoms with E-state index in [2.05, 4.69) is 5.10 Å². The molecule has 0 fully saturated rings. The molecule has 1 N–H and O–H groups in total. The fourth-order valence-electron chi connectivity index (χ4n) is 1.44. The Morgan fingerprint density at radius 3 is 2.94 bits per heavy atom. The number of halogens is 1. The summed E-state index contributed by atoms with van der Waals surface area (Å²) >= 11 is 0. The molecule has 0 spiro atoms. The zero-order valence-corrected chi connectivity index (χ0v) is 9.21. The molecule has 0 aliphatic heterocycles. The number of aromatic nitrogens is 2. The van der Waals surface area contributed by atoms with Crippen molar-refractivity contribution in [3.05, 3.63) is 48.0 Å². The van der Waals surface area contributed by atoms with Gasteiger partial charge in [0.15, 0.2) is 11.6 Å². The van der Waals surface area contributed by atoms with Crippen molar-refractivity contribution >= 4 is 0 Å². The van der Waals surface area contributed by atoms with Gasteiger partial charge in [0.05, 0.1) is 13.2 Å². The molecule has 0 unspecified atom stereocenters. The molecule has 1 heterocycles. The number of rotatable bonds is 5. The van der Waals surface area contributed by atoms with Crippen LogP contribution in [0.4, 0.5) is 4.39 Å². The fourth-order valence-corrected chi connectivity index (χ4v) is 1.44. The first-order chi connectivity index (χ1) is 8.29. The Bertz CT molecular complexity index is 471. The number of hydrogen-bond acceptors (Lipinski definition) is 3. The topological polar surface area (TPSA) is 47.3 Å². The summed E-state index contributed by atoms with van der Waals surface area (Å²) in [7, 11) is 0. The van der Waals surface area contributed by atoms with E-state index in [0.29, 0.717) is 18.7 Å². The van der Waals surface area contributed by atoms with Crippen LogP contribution in [0.3, 0.4) is 0 Å². The lowest BCUT2D eigenvalue weighted by Crippen LogP contribution is -2.09. The molecule has 17 heavy (non-hydrogen) atoms. The Morgan fingerprint density at radius 2 is 2.29 bits per heavy atom. The highest BCUT2D eigenvalue weighted by atomic mass is 19.1. The summed E-state index contributed by atoms with van der Waals surface area (Å²) in [5.41, 5.74) is 0.530. The fraction of sp³-hybridized carbons (Fsp3) is 0.250. The molecule has 0 saturated carbocycles. The molecule has 0 aliphatic rings. The van der Waals surface area contributed by atoms with Crippen LogP contribution in [0.25, 0.3) is 0 Å². The molecule has 2 rings (SSSR count). The lowest BCUT2D eigenvalue weighted by atomic mass is 10.2. The molecule has 0 aliphatic carbocycles. The first kappa shape index (κ1) is 11.6. The summed E-state index contributed by atoms with van der Waals surface area (Å²) in [6.07, 6.45) is 3.49. The maximum atomic E-state index is 13.4. The summed E-state index contributed by atoms with van der Waals surface area (Å²) < 4.78 is 20.4. The van der Waals surface area contributed by atoms with Crippen LogP contribution in [0.5, 0.6) is 5.75 Å². The van der Waals surface area contributed by atoms with E-state index in [1.807, 2.05) is 12.3 Å². The van der Waals surface area contributed by atoms with Crippen molar-refractivity contribution in [1.82, 2.24) is 9.78 Å². The van der Waals surface area contributed by atoms with Gasteiger partial charge < -0.3 is 9.84 Å². The normalized spacial score (nSPS) is 10.5. The second-order valence-electron chi connectivity index (χ2n) is 3.54. The molecule has 0 radical (unpaired) electrons. The van der Waals surface area contributed by atoms with Crippen molar-refractivity contribution in [2.75, 3.05) is 6.61 Å². The van der Waals surface area contributed by atoms with Crippen LogP contribution in [0.1, 0.15) is 5.56 Å². The van der Waals surface area contributed by atoms with E-state index in [0.717, 1.165) is 0 Å². The third kappa shape index (κ3) is 3.04. The summed E-state index contributed by atoms with van der Waals surface area (Å²) in [5, 5.41) is 12.8. The molecule has 4 nitrogen and oxygen atoms in total. The van der Waals surface area contributed by atoms with Gasteiger partial charge in [0.25, 0.3) is 0 Å². The van der Waals surface area contributed by atoms with Crippen molar-refractivity contribution in [2.45, 2.75) is 13.2 Å². The van der Waals surface area contributed by atoms with E-state index in [1.165, 1.54) is 12.1 Å². The van der Waals surface area contributed by atoms with Crippen molar-refractivity contribution in [3.63, 3.8) is 0 Å². The molecule has 0 amide bonds. The molecular formula is C12H13FN2O2. The Morgan fingerprint density at radius 1 is 1.41 bits per heavy atom. The smallest absolute Gasteiger partial charge is 0.165 e. The van der Waals surface area contributed by atoms with Crippen molar-refractivity contribution in [1.29, 1.82) is 0 Å². The number of aliphatic hydroxyl groups excluding tert-OH is 1. The van der Waals surface area contributed by atoms with Gasteiger partial charge in [-0.1, -0.05) is 6.07 Å². The summed E-state index contributed by atoms with van der Waals surface area (Å²) in [4.78, 5) is 0. The van der Waals surface area contributed by atoms with E-state index >= 15 is 0 Å². The molecule has 90 valence electrons. The molecule has 0 bridgehead atoms. The minimum Gasteiger partial charge on any atom is -0.489 e. The van der Waals surface area contributed by atoms with E-state index in [4.69, 9.17) is 9.84 Å². The number of benzene rings is 1. The zero-order chi connectivity index (χ0) is 12.1. The van der Waals surface area contributed by atoms with Gasteiger partial charge in [-0.3, -0.25) is 4.68 Å². The number of ether oxygens (including phenoxy) is 1. The van der Waals surface area contributed by atoms with Crippen molar-refractivity contribution < 1.29 is 14.2 Å². The average molecular weight is 236 g/mol. The Kier molecular flexibility index (Phi) is 3.72. The van der Waals surface area contributed by atoms with Gasteiger partial charge in [0.1, 0.15) is 6.61 Å². The van der Waals surface area contributed by atoms with Gasteiger partial charge >= 0.3 is 0 Å². The van der Waals surface area contributed by atoms with Crippen LogP contribution < -0.4 is 4.74 Å². The highest BCUT2D eigenvalue weighted by molar-refractivity contribution is 5.28. The van der Waals surface area contributed by atoms with Gasteiger partial charge in [-0.15, -0.1) is 0 Å². The molecule has 5 heteroatoms. The van der Waals surface area contributed by atoms with Crippen molar-refractivity contribution in [2.24, 2.45) is 0 Å². The lowest BCUT2D eigenvalue weighted by molar-refractivity contribution is 0.272. The quantitative estimate of drug-likeness (QED) is 0.857. The van der Waals surface area contributed by atoms with Gasteiger partial charge in [-0.05, 0) is 23.8 Å². The third-order valence-electron chi connectivity index (χ3n) is 2.32. The van der Waals surface area contributed by atoms with Gasteiger partial charge in [0.2, 0.25) is 0 Å². The minimum atomic E-state index is -0.461. The number of hydrogen-bond donors (Lipinski definition) is 1. The molecule has 1 aromatic carbocycles. The van der Waals surface area contributed by atoms with Crippen molar-refractivity contribution in [3.8, 4) is 5.75 Å². The maximum absolute atomic E-state index is 13.4. The monoisotopic (exact) mass is 236 g/mol. The number of aliphatic hydroxyl groups is 1. The predicted octanol–water partition coefficient (Wildman–Crippen LogP) is 1.59. The molecule has 1 aromatic heterocycles. The Hall–Kier alpha value is -1.88. The molecule has 0 atom stereocenters. The minimum absolute atomic E-state index is 0.176. The molecule has 0 saturated heterocycles. The highest BCUT2D eigenvalue weighted by Crippen LogP contribution is 2.18. The summed E-state index contributed by atoms with van der Waals surface area (Å²) in [6, 6.07) is 6.23. The third-order valence-corrected chi connectivity index (χ3v) is 2.32. The standard InChI is InChI=1S/C12H13FN2O2/c13-11-8-10(9-16)2-3-12(11)17-7-6-15-5-1-4-14-15/h1-5,8,16H,6-7,9H2. The second-order valence-corrected chi connectivity index (χ2v) is 3.54. The maximum Gasteiger partial charge on any atom is 0.165 e. The average Bonchev–Trinajstić information content (AvgIpc) is 2.84. The largest absolute Gasteiger partial charge is 0.489 e. The summed E-state index contributed by atoms with van der Waals surface area (Å²) in [6.45, 7) is 0.732. The van der Waals surface area contributed by atoms with E-state index in [1.54, 1.807) is 16.9 Å². The first-order valence-corrected chi connectivity index (χ1v) is 5.29. The zero-order valence-electron chi connectivity index (χ0n) is 9.21.